The number of esters is 1. The summed E-state index contributed by atoms with van der Waals surface area (Å²) in [6.45, 7) is 9.99. The quantitative estimate of drug-likeness (QED) is 0.721. The first-order chi connectivity index (χ1) is 8.86. The summed E-state index contributed by atoms with van der Waals surface area (Å²) in [5, 5.41) is 0. The SMILES string of the molecule is CCC(=O)CC1OC(COC(C)=O)C(C)C(C)C1C. The Hall–Kier alpha value is -0.900. The Labute approximate surface area is 115 Å². The summed E-state index contributed by atoms with van der Waals surface area (Å²) >= 11 is 0. The molecule has 1 rings (SSSR count). The number of Topliss-reactive ketones (excluding diaryl/α,β-unsaturated/α-hetero) is 1. The first kappa shape index (κ1) is 16.2. The van der Waals surface area contributed by atoms with Gasteiger partial charge in [-0.15, -0.1) is 0 Å². The molecule has 0 aromatic heterocycles. The monoisotopic (exact) mass is 270 g/mol. The van der Waals surface area contributed by atoms with Crippen LogP contribution in [0.25, 0.3) is 0 Å². The lowest BCUT2D eigenvalue weighted by molar-refractivity contribution is -0.171. The Balaban J connectivity index is 2.67. The molecule has 1 aliphatic heterocycles. The van der Waals surface area contributed by atoms with Gasteiger partial charge in [-0.05, 0) is 17.8 Å². The first-order valence-corrected chi connectivity index (χ1v) is 7.17. The van der Waals surface area contributed by atoms with E-state index in [2.05, 4.69) is 20.8 Å². The number of carbonyl (C=O) groups is 2. The molecule has 0 amide bonds. The molecule has 110 valence electrons. The maximum absolute atomic E-state index is 11.6. The highest BCUT2D eigenvalue weighted by molar-refractivity contribution is 5.78. The molecule has 4 nitrogen and oxygen atoms in total. The van der Waals surface area contributed by atoms with Crippen molar-refractivity contribution in [3.05, 3.63) is 0 Å². The molecule has 0 bridgehead atoms. The number of hydrogen-bond acceptors (Lipinski definition) is 4. The fourth-order valence-corrected chi connectivity index (χ4v) is 2.62. The lowest BCUT2D eigenvalue weighted by atomic mass is 9.75. The second-order valence-electron chi connectivity index (χ2n) is 5.69. The van der Waals surface area contributed by atoms with Crippen molar-refractivity contribution in [1.29, 1.82) is 0 Å². The summed E-state index contributed by atoms with van der Waals surface area (Å²) in [4.78, 5) is 22.5. The smallest absolute Gasteiger partial charge is 0.302 e. The van der Waals surface area contributed by atoms with E-state index in [4.69, 9.17) is 9.47 Å². The van der Waals surface area contributed by atoms with Gasteiger partial charge < -0.3 is 9.47 Å². The zero-order valence-electron chi connectivity index (χ0n) is 12.6. The zero-order valence-corrected chi connectivity index (χ0v) is 12.6. The van der Waals surface area contributed by atoms with Crippen molar-refractivity contribution in [3.8, 4) is 0 Å². The van der Waals surface area contributed by atoms with Crippen LogP contribution in [-0.4, -0.2) is 30.6 Å². The van der Waals surface area contributed by atoms with Crippen LogP contribution in [-0.2, 0) is 19.1 Å². The minimum atomic E-state index is -0.289. The minimum Gasteiger partial charge on any atom is -0.463 e. The van der Waals surface area contributed by atoms with Gasteiger partial charge in [0, 0.05) is 19.8 Å². The van der Waals surface area contributed by atoms with E-state index >= 15 is 0 Å². The maximum Gasteiger partial charge on any atom is 0.302 e. The van der Waals surface area contributed by atoms with Gasteiger partial charge >= 0.3 is 5.97 Å². The molecule has 0 aromatic rings. The predicted molar refractivity (Wildman–Crippen MR) is 72.7 cm³/mol. The zero-order chi connectivity index (χ0) is 14.6. The summed E-state index contributed by atoms with van der Waals surface area (Å²) in [6.07, 6.45) is 0.847. The van der Waals surface area contributed by atoms with Gasteiger partial charge in [0.05, 0.1) is 12.2 Å². The van der Waals surface area contributed by atoms with Crippen LogP contribution in [0.3, 0.4) is 0 Å². The van der Waals surface area contributed by atoms with Crippen molar-refractivity contribution in [3.63, 3.8) is 0 Å². The largest absolute Gasteiger partial charge is 0.463 e. The number of hydrogen-bond donors (Lipinski definition) is 0. The highest BCUT2D eigenvalue weighted by atomic mass is 16.6. The topological polar surface area (TPSA) is 52.6 Å². The molecule has 0 radical (unpaired) electrons. The summed E-state index contributed by atoms with van der Waals surface area (Å²) < 4.78 is 11.1. The van der Waals surface area contributed by atoms with Crippen LogP contribution in [0.4, 0.5) is 0 Å². The molecular formula is C15H26O4. The fourth-order valence-electron chi connectivity index (χ4n) is 2.62. The van der Waals surface area contributed by atoms with Crippen molar-refractivity contribution >= 4 is 11.8 Å². The van der Waals surface area contributed by atoms with Gasteiger partial charge in [0.2, 0.25) is 0 Å². The van der Waals surface area contributed by atoms with E-state index in [0.717, 1.165) is 0 Å². The molecule has 0 N–H and O–H groups in total. The molecule has 5 atom stereocenters. The van der Waals surface area contributed by atoms with E-state index < -0.39 is 0 Å². The highest BCUT2D eigenvalue weighted by Crippen LogP contribution is 2.36. The Morgan fingerprint density at radius 3 is 2.16 bits per heavy atom. The van der Waals surface area contributed by atoms with Crippen LogP contribution in [0.2, 0.25) is 0 Å². The first-order valence-electron chi connectivity index (χ1n) is 7.17. The van der Waals surface area contributed by atoms with E-state index in [1.807, 2.05) is 6.92 Å². The van der Waals surface area contributed by atoms with Crippen molar-refractivity contribution in [2.75, 3.05) is 6.61 Å². The van der Waals surface area contributed by atoms with Gasteiger partial charge in [-0.3, -0.25) is 9.59 Å². The Kier molecular flexibility index (Phi) is 5.98. The summed E-state index contributed by atoms with van der Waals surface area (Å²) in [5.41, 5.74) is 0. The number of rotatable bonds is 5. The molecule has 0 saturated carbocycles. The molecule has 1 fully saturated rings. The second kappa shape index (κ2) is 7.04. The lowest BCUT2D eigenvalue weighted by Crippen LogP contribution is -2.47. The van der Waals surface area contributed by atoms with Gasteiger partial charge in [0.25, 0.3) is 0 Å². The molecule has 1 heterocycles. The van der Waals surface area contributed by atoms with Crippen molar-refractivity contribution in [2.24, 2.45) is 17.8 Å². The van der Waals surface area contributed by atoms with E-state index in [1.165, 1.54) is 6.92 Å². The normalized spacial score (nSPS) is 34.9. The fraction of sp³-hybridized carbons (Fsp3) is 0.867. The molecule has 1 aliphatic rings. The van der Waals surface area contributed by atoms with Crippen molar-refractivity contribution < 1.29 is 19.1 Å². The van der Waals surface area contributed by atoms with Crippen LogP contribution in [0.15, 0.2) is 0 Å². The molecule has 1 saturated heterocycles. The molecule has 5 unspecified atom stereocenters. The maximum atomic E-state index is 11.6. The Morgan fingerprint density at radius 2 is 1.63 bits per heavy atom. The van der Waals surface area contributed by atoms with E-state index in [9.17, 15) is 9.59 Å². The average Bonchev–Trinajstić information content (AvgIpc) is 2.37. The summed E-state index contributed by atoms with van der Waals surface area (Å²) in [7, 11) is 0. The number of ketones is 1. The molecule has 0 spiro atoms. The minimum absolute atomic E-state index is 0.0563. The highest BCUT2D eigenvalue weighted by Gasteiger charge is 2.39. The number of carbonyl (C=O) groups excluding carboxylic acids is 2. The Bertz CT molecular complexity index is 326. The lowest BCUT2D eigenvalue weighted by Gasteiger charge is -2.43. The molecule has 19 heavy (non-hydrogen) atoms. The van der Waals surface area contributed by atoms with Gasteiger partial charge in [0.1, 0.15) is 12.4 Å². The van der Waals surface area contributed by atoms with Gasteiger partial charge in [-0.25, -0.2) is 0 Å². The molecule has 0 aromatic carbocycles. The van der Waals surface area contributed by atoms with Crippen molar-refractivity contribution in [1.82, 2.24) is 0 Å². The third kappa shape index (κ3) is 4.30. The molecular weight excluding hydrogens is 244 g/mol. The third-order valence-corrected chi connectivity index (χ3v) is 4.46. The van der Waals surface area contributed by atoms with Crippen LogP contribution in [0, 0.1) is 17.8 Å². The molecule has 0 aliphatic carbocycles. The Morgan fingerprint density at radius 1 is 1.05 bits per heavy atom. The predicted octanol–water partition coefficient (Wildman–Crippen LogP) is 2.59. The third-order valence-electron chi connectivity index (χ3n) is 4.46. The van der Waals surface area contributed by atoms with E-state index in [0.29, 0.717) is 30.6 Å². The van der Waals surface area contributed by atoms with Gasteiger partial charge in [-0.2, -0.15) is 0 Å². The average molecular weight is 270 g/mol. The van der Waals surface area contributed by atoms with E-state index in [1.54, 1.807) is 0 Å². The van der Waals surface area contributed by atoms with Crippen LogP contribution in [0.1, 0.15) is 47.5 Å². The van der Waals surface area contributed by atoms with Gasteiger partial charge in [-0.1, -0.05) is 27.7 Å². The van der Waals surface area contributed by atoms with Crippen LogP contribution in [0.5, 0.6) is 0 Å². The second-order valence-corrected chi connectivity index (χ2v) is 5.69. The standard InChI is InChI=1S/C15H26O4/c1-6-13(17)7-14-10(3)9(2)11(4)15(19-14)8-18-12(5)16/h9-11,14-15H,6-8H2,1-5H3. The summed E-state index contributed by atoms with van der Waals surface area (Å²) in [6, 6.07) is 0. The molecule has 4 heteroatoms. The van der Waals surface area contributed by atoms with Crippen LogP contribution < -0.4 is 0 Å². The number of ether oxygens (including phenoxy) is 2. The van der Waals surface area contributed by atoms with Gasteiger partial charge in [0.15, 0.2) is 0 Å². The van der Waals surface area contributed by atoms with Crippen molar-refractivity contribution in [2.45, 2.75) is 59.7 Å². The van der Waals surface area contributed by atoms with E-state index in [-0.39, 0.29) is 30.6 Å². The van der Waals surface area contributed by atoms with Crippen LogP contribution >= 0.6 is 0 Å². The summed E-state index contributed by atoms with van der Waals surface area (Å²) in [5.74, 6) is 1.05.